The molecule has 4 atom stereocenters. The monoisotopic (exact) mass is 297 g/mol. The smallest absolute Gasteiger partial charge is 0.0818 e. The molecule has 4 rings (SSSR count). The van der Waals surface area contributed by atoms with Gasteiger partial charge in [0.05, 0.1) is 11.2 Å². The van der Waals surface area contributed by atoms with E-state index in [0.29, 0.717) is 12.0 Å². The Morgan fingerprint density at radius 3 is 2.80 bits per heavy atom. The van der Waals surface area contributed by atoms with Gasteiger partial charge in [0, 0.05) is 31.0 Å². The molecule has 0 aromatic rings. The van der Waals surface area contributed by atoms with Crippen LogP contribution in [0.5, 0.6) is 0 Å². The quantitative estimate of drug-likeness (QED) is 0.847. The molecule has 0 aromatic heterocycles. The van der Waals surface area contributed by atoms with Gasteiger partial charge in [-0.15, -0.1) is 0 Å². The van der Waals surface area contributed by atoms with Gasteiger partial charge in [-0.25, -0.2) is 0 Å². The number of rotatable bonds is 2. The number of thioether (sulfide) groups is 1. The van der Waals surface area contributed by atoms with E-state index >= 15 is 0 Å². The fourth-order valence-electron chi connectivity index (χ4n) is 4.71. The van der Waals surface area contributed by atoms with Crippen molar-refractivity contribution in [3.8, 4) is 0 Å². The fourth-order valence-corrected chi connectivity index (χ4v) is 6.08. The molecule has 3 saturated heterocycles. The molecule has 0 radical (unpaired) electrons. The SMILES string of the molecule is CC1CC(O)(C2CCOC3(CCSC3)C2)CN1C1CC1. The number of nitrogens with zero attached hydrogens (tertiary/aromatic N) is 1. The predicted octanol–water partition coefficient (Wildman–Crippen LogP) is 2.28. The Bertz CT molecular complexity index is 381. The van der Waals surface area contributed by atoms with E-state index in [-0.39, 0.29) is 5.60 Å². The lowest BCUT2D eigenvalue weighted by molar-refractivity contribution is -0.128. The van der Waals surface area contributed by atoms with Crippen molar-refractivity contribution in [2.45, 2.75) is 68.7 Å². The first kappa shape index (κ1) is 13.9. The summed E-state index contributed by atoms with van der Waals surface area (Å²) in [6.45, 7) is 4.06. The van der Waals surface area contributed by atoms with Gasteiger partial charge in [0.25, 0.3) is 0 Å². The Balaban J connectivity index is 1.48. The van der Waals surface area contributed by atoms with Crippen LogP contribution in [0, 0.1) is 5.92 Å². The topological polar surface area (TPSA) is 32.7 Å². The average Bonchev–Trinajstić information content (AvgIpc) is 3.10. The molecule has 4 unspecified atom stereocenters. The molecule has 3 aliphatic heterocycles. The van der Waals surface area contributed by atoms with Gasteiger partial charge in [0.2, 0.25) is 0 Å². The molecule has 1 spiro atoms. The number of hydrogen-bond acceptors (Lipinski definition) is 4. The van der Waals surface area contributed by atoms with Gasteiger partial charge in [0.1, 0.15) is 0 Å². The Labute approximate surface area is 126 Å². The minimum Gasteiger partial charge on any atom is -0.388 e. The Morgan fingerprint density at radius 1 is 1.25 bits per heavy atom. The molecule has 3 heterocycles. The average molecular weight is 297 g/mol. The fraction of sp³-hybridized carbons (Fsp3) is 1.00. The van der Waals surface area contributed by atoms with Gasteiger partial charge in [0.15, 0.2) is 0 Å². The van der Waals surface area contributed by atoms with Crippen LogP contribution in [-0.2, 0) is 4.74 Å². The van der Waals surface area contributed by atoms with E-state index in [1.54, 1.807) is 0 Å². The van der Waals surface area contributed by atoms with Crippen LogP contribution in [0.15, 0.2) is 0 Å². The van der Waals surface area contributed by atoms with Crippen LogP contribution in [0.2, 0.25) is 0 Å². The van der Waals surface area contributed by atoms with Crippen LogP contribution in [0.1, 0.15) is 45.4 Å². The summed E-state index contributed by atoms with van der Waals surface area (Å²) in [6.07, 6.45) is 6.98. The van der Waals surface area contributed by atoms with Crippen molar-refractivity contribution in [3.05, 3.63) is 0 Å². The summed E-state index contributed by atoms with van der Waals surface area (Å²) in [6, 6.07) is 1.33. The van der Waals surface area contributed by atoms with E-state index in [1.807, 2.05) is 11.8 Å². The summed E-state index contributed by atoms with van der Waals surface area (Å²) in [5.41, 5.74) is -0.356. The highest BCUT2D eigenvalue weighted by atomic mass is 32.2. The van der Waals surface area contributed by atoms with E-state index < -0.39 is 5.60 Å². The van der Waals surface area contributed by atoms with Crippen LogP contribution < -0.4 is 0 Å². The molecule has 1 saturated carbocycles. The number of β-amino-alcohol motifs (C(OH)–C–C–N with tert-alkyl or cyclic N) is 1. The van der Waals surface area contributed by atoms with Crippen molar-refractivity contribution in [3.63, 3.8) is 0 Å². The molecule has 1 aliphatic carbocycles. The van der Waals surface area contributed by atoms with E-state index in [0.717, 1.165) is 44.2 Å². The van der Waals surface area contributed by atoms with Crippen LogP contribution >= 0.6 is 11.8 Å². The van der Waals surface area contributed by atoms with Gasteiger partial charge >= 0.3 is 0 Å². The normalized spacial score (nSPS) is 50.1. The highest BCUT2D eigenvalue weighted by Gasteiger charge is 2.53. The lowest BCUT2D eigenvalue weighted by Crippen LogP contribution is -2.50. The van der Waals surface area contributed by atoms with Crippen molar-refractivity contribution in [2.24, 2.45) is 5.92 Å². The molecule has 1 N–H and O–H groups in total. The van der Waals surface area contributed by atoms with Gasteiger partial charge in [-0.1, -0.05) is 0 Å². The van der Waals surface area contributed by atoms with E-state index in [2.05, 4.69) is 11.8 Å². The molecule has 20 heavy (non-hydrogen) atoms. The lowest BCUT2D eigenvalue weighted by Gasteiger charge is -2.43. The van der Waals surface area contributed by atoms with Crippen LogP contribution in [0.3, 0.4) is 0 Å². The largest absolute Gasteiger partial charge is 0.388 e. The van der Waals surface area contributed by atoms with E-state index in [9.17, 15) is 5.11 Å². The van der Waals surface area contributed by atoms with Crippen LogP contribution in [0.4, 0.5) is 0 Å². The Hall–Kier alpha value is 0.230. The maximum absolute atomic E-state index is 11.3. The zero-order chi connectivity index (χ0) is 13.8. The third-order valence-corrected chi connectivity index (χ3v) is 7.23. The number of hydrogen-bond donors (Lipinski definition) is 1. The van der Waals surface area contributed by atoms with Crippen molar-refractivity contribution in [2.75, 3.05) is 24.7 Å². The first-order valence-electron chi connectivity index (χ1n) is 8.30. The Morgan fingerprint density at radius 2 is 2.10 bits per heavy atom. The highest BCUT2D eigenvalue weighted by Crippen LogP contribution is 2.48. The summed E-state index contributed by atoms with van der Waals surface area (Å²) in [5.74, 6) is 2.82. The van der Waals surface area contributed by atoms with Gasteiger partial charge in [-0.3, -0.25) is 4.90 Å². The van der Waals surface area contributed by atoms with Crippen molar-refractivity contribution in [1.29, 1.82) is 0 Å². The minimum absolute atomic E-state index is 0.0968. The molecule has 0 amide bonds. The standard InChI is InChI=1S/C16H27NO2S/c1-12-8-16(18,10-17(12)14-2-3-14)13-4-6-19-15(9-13)5-7-20-11-15/h12-14,18H,2-11H2,1H3. The first-order chi connectivity index (χ1) is 9.60. The summed E-state index contributed by atoms with van der Waals surface area (Å²) < 4.78 is 6.13. The summed E-state index contributed by atoms with van der Waals surface area (Å²) in [5, 5.41) is 11.3. The second-order valence-corrected chi connectivity index (χ2v) is 8.69. The number of aliphatic hydroxyl groups is 1. The second kappa shape index (κ2) is 4.87. The Kier molecular flexibility index (Phi) is 3.37. The van der Waals surface area contributed by atoms with Crippen LogP contribution in [-0.4, -0.2) is 57.9 Å². The molecule has 3 nitrogen and oxygen atoms in total. The van der Waals surface area contributed by atoms with Crippen molar-refractivity contribution in [1.82, 2.24) is 4.90 Å². The predicted molar refractivity (Wildman–Crippen MR) is 82.1 cm³/mol. The zero-order valence-electron chi connectivity index (χ0n) is 12.5. The molecular weight excluding hydrogens is 270 g/mol. The summed E-state index contributed by atoms with van der Waals surface area (Å²) in [4.78, 5) is 2.57. The summed E-state index contributed by atoms with van der Waals surface area (Å²) in [7, 11) is 0. The molecule has 0 bridgehead atoms. The molecular formula is C16H27NO2S. The number of likely N-dealkylation sites (tertiary alicyclic amines) is 1. The third kappa shape index (κ3) is 2.33. The summed E-state index contributed by atoms with van der Waals surface area (Å²) >= 11 is 2.02. The highest BCUT2D eigenvalue weighted by molar-refractivity contribution is 7.99. The lowest BCUT2D eigenvalue weighted by atomic mass is 9.74. The minimum atomic E-state index is -0.452. The maximum atomic E-state index is 11.3. The molecule has 4 fully saturated rings. The third-order valence-electron chi connectivity index (χ3n) is 6.01. The molecule has 114 valence electrons. The van der Waals surface area contributed by atoms with E-state index in [4.69, 9.17) is 4.74 Å². The second-order valence-electron chi connectivity index (χ2n) is 7.58. The molecule has 4 heteroatoms. The first-order valence-corrected chi connectivity index (χ1v) is 9.46. The van der Waals surface area contributed by atoms with Gasteiger partial charge in [-0.2, -0.15) is 11.8 Å². The van der Waals surface area contributed by atoms with Crippen molar-refractivity contribution >= 4 is 11.8 Å². The molecule has 4 aliphatic rings. The van der Waals surface area contributed by atoms with E-state index in [1.165, 1.54) is 25.0 Å². The zero-order valence-corrected chi connectivity index (χ0v) is 13.3. The van der Waals surface area contributed by atoms with Gasteiger partial charge < -0.3 is 9.84 Å². The van der Waals surface area contributed by atoms with Crippen LogP contribution in [0.25, 0.3) is 0 Å². The van der Waals surface area contributed by atoms with Crippen molar-refractivity contribution < 1.29 is 9.84 Å². The molecule has 0 aromatic carbocycles. The maximum Gasteiger partial charge on any atom is 0.0818 e. The van der Waals surface area contributed by atoms with Gasteiger partial charge in [-0.05, 0) is 57.1 Å². The number of ether oxygens (including phenoxy) is 1.